The molecule has 1 heterocycles. The number of likely N-dealkylation sites (N-methyl/N-ethyl adjacent to an activating group) is 2. The molecule has 0 aromatic heterocycles. The van der Waals surface area contributed by atoms with Crippen LogP contribution in [0.3, 0.4) is 0 Å². The van der Waals surface area contributed by atoms with E-state index in [0.29, 0.717) is 40.0 Å². The highest BCUT2D eigenvalue weighted by Crippen LogP contribution is 2.38. The number of benzene rings is 2. The van der Waals surface area contributed by atoms with Gasteiger partial charge in [0, 0.05) is 19.2 Å². The predicted molar refractivity (Wildman–Crippen MR) is 114 cm³/mol. The SMILES string of the molecule is CCN1C(=O)/C(=C/c2cc(Cl)c(OCc3ccccc3F)c(OC)c2)N(C)C1=S. The molecule has 152 valence electrons. The van der Waals surface area contributed by atoms with E-state index < -0.39 is 0 Å². The topological polar surface area (TPSA) is 42.0 Å². The van der Waals surface area contributed by atoms with Gasteiger partial charge in [-0.1, -0.05) is 29.8 Å². The summed E-state index contributed by atoms with van der Waals surface area (Å²) < 4.78 is 24.9. The average Bonchev–Trinajstić information content (AvgIpc) is 2.90. The summed E-state index contributed by atoms with van der Waals surface area (Å²) in [6, 6.07) is 9.71. The summed E-state index contributed by atoms with van der Waals surface area (Å²) in [4.78, 5) is 15.7. The van der Waals surface area contributed by atoms with Crippen LogP contribution >= 0.6 is 23.8 Å². The number of carbonyl (C=O) groups is 1. The van der Waals surface area contributed by atoms with E-state index >= 15 is 0 Å². The molecule has 3 rings (SSSR count). The van der Waals surface area contributed by atoms with Gasteiger partial charge >= 0.3 is 0 Å². The van der Waals surface area contributed by atoms with Crippen LogP contribution in [-0.2, 0) is 11.4 Å². The Bertz CT molecular complexity index is 996. The summed E-state index contributed by atoms with van der Waals surface area (Å²) in [5.41, 5.74) is 1.50. The van der Waals surface area contributed by atoms with E-state index in [0.717, 1.165) is 0 Å². The molecule has 0 radical (unpaired) electrons. The molecule has 5 nitrogen and oxygen atoms in total. The quantitative estimate of drug-likeness (QED) is 0.495. The van der Waals surface area contributed by atoms with E-state index in [-0.39, 0.29) is 23.4 Å². The van der Waals surface area contributed by atoms with Crippen LogP contribution in [0.1, 0.15) is 18.1 Å². The minimum atomic E-state index is -0.358. The number of nitrogens with zero attached hydrogens (tertiary/aromatic N) is 2. The minimum Gasteiger partial charge on any atom is -0.493 e. The van der Waals surface area contributed by atoms with Gasteiger partial charge in [-0.15, -0.1) is 0 Å². The molecular formula is C21H20ClFN2O3S. The first-order valence-electron chi connectivity index (χ1n) is 8.92. The highest BCUT2D eigenvalue weighted by atomic mass is 35.5. The number of halogens is 2. The Balaban J connectivity index is 1.90. The number of rotatable bonds is 6. The van der Waals surface area contributed by atoms with Crippen molar-refractivity contribution in [1.82, 2.24) is 9.80 Å². The lowest BCUT2D eigenvalue weighted by Crippen LogP contribution is -2.30. The molecule has 29 heavy (non-hydrogen) atoms. The molecule has 1 aliphatic heterocycles. The second-order valence-electron chi connectivity index (χ2n) is 6.33. The van der Waals surface area contributed by atoms with Crippen LogP contribution in [0.25, 0.3) is 6.08 Å². The van der Waals surface area contributed by atoms with E-state index in [1.807, 2.05) is 6.92 Å². The predicted octanol–water partition coefficient (Wildman–Crippen LogP) is 4.49. The van der Waals surface area contributed by atoms with E-state index in [4.69, 9.17) is 33.3 Å². The van der Waals surface area contributed by atoms with Crippen LogP contribution in [0.4, 0.5) is 4.39 Å². The minimum absolute atomic E-state index is 0.00411. The summed E-state index contributed by atoms with van der Waals surface area (Å²) in [6.45, 7) is 2.36. The number of hydrogen-bond donors (Lipinski definition) is 0. The van der Waals surface area contributed by atoms with Crippen molar-refractivity contribution in [3.05, 3.63) is 64.1 Å². The Labute approximate surface area is 179 Å². The first kappa shape index (κ1) is 21.1. The lowest BCUT2D eigenvalue weighted by Gasteiger charge is -2.15. The first-order chi connectivity index (χ1) is 13.9. The van der Waals surface area contributed by atoms with Gasteiger partial charge in [0.15, 0.2) is 16.6 Å². The number of amides is 1. The van der Waals surface area contributed by atoms with Crippen molar-refractivity contribution >= 4 is 40.9 Å². The van der Waals surface area contributed by atoms with Crippen molar-refractivity contribution in [3.63, 3.8) is 0 Å². The van der Waals surface area contributed by atoms with Gasteiger partial charge in [0.05, 0.1) is 12.1 Å². The zero-order chi connectivity index (χ0) is 21.1. The third kappa shape index (κ3) is 4.21. The van der Waals surface area contributed by atoms with Crippen LogP contribution in [0.5, 0.6) is 11.5 Å². The highest BCUT2D eigenvalue weighted by molar-refractivity contribution is 7.80. The zero-order valence-electron chi connectivity index (χ0n) is 16.2. The molecule has 2 aromatic carbocycles. The summed E-state index contributed by atoms with van der Waals surface area (Å²) in [5, 5.41) is 0.738. The number of hydrogen-bond acceptors (Lipinski definition) is 4. The van der Waals surface area contributed by atoms with Gasteiger partial charge < -0.3 is 14.4 Å². The molecule has 0 spiro atoms. The molecule has 1 saturated heterocycles. The fraction of sp³-hybridized carbons (Fsp3) is 0.238. The maximum Gasteiger partial charge on any atom is 0.276 e. The van der Waals surface area contributed by atoms with Crippen LogP contribution in [0.15, 0.2) is 42.1 Å². The Morgan fingerprint density at radius 3 is 2.62 bits per heavy atom. The van der Waals surface area contributed by atoms with E-state index in [1.165, 1.54) is 18.1 Å². The second-order valence-corrected chi connectivity index (χ2v) is 7.11. The van der Waals surface area contributed by atoms with Crippen LogP contribution in [0, 0.1) is 5.82 Å². The van der Waals surface area contributed by atoms with Gasteiger partial charge in [-0.25, -0.2) is 4.39 Å². The van der Waals surface area contributed by atoms with Crippen LogP contribution < -0.4 is 9.47 Å². The molecule has 0 aliphatic carbocycles. The normalized spacial score (nSPS) is 15.4. The maximum absolute atomic E-state index is 13.8. The van der Waals surface area contributed by atoms with Crippen molar-refractivity contribution in [2.45, 2.75) is 13.5 Å². The van der Waals surface area contributed by atoms with Gasteiger partial charge in [0.1, 0.15) is 18.1 Å². The molecular weight excluding hydrogens is 415 g/mol. The van der Waals surface area contributed by atoms with Crippen molar-refractivity contribution in [3.8, 4) is 11.5 Å². The van der Waals surface area contributed by atoms with Gasteiger partial charge in [0.2, 0.25) is 0 Å². The number of methoxy groups -OCH3 is 1. The smallest absolute Gasteiger partial charge is 0.276 e. The molecule has 0 atom stereocenters. The van der Waals surface area contributed by atoms with Crippen LogP contribution in [-0.4, -0.2) is 41.5 Å². The third-order valence-electron chi connectivity index (χ3n) is 4.54. The Kier molecular flexibility index (Phi) is 6.39. The third-order valence-corrected chi connectivity index (χ3v) is 5.32. The lowest BCUT2D eigenvalue weighted by molar-refractivity contribution is -0.122. The van der Waals surface area contributed by atoms with E-state index in [1.54, 1.807) is 48.4 Å². The van der Waals surface area contributed by atoms with E-state index in [2.05, 4.69) is 0 Å². The fourth-order valence-corrected chi connectivity index (χ4v) is 3.56. The van der Waals surface area contributed by atoms with Crippen molar-refractivity contribution in [1.29, 1.82) is 0 Å². The Hall–Kier alpha value is -2.64. The Morgan fingerprint density at radius 2 is 2.00 bits per heavy atom. The fourth-order valence-electron chi connectivity index (χ4n) is 2.98. The average molecular weight is 435 g/mol. The van der Waals surface area contributed by atoms with Crippen molar-refractivity contribution in [2.75, 3.05) is 20.7 Å². The molecule has 0 N–H and O–H groups in total. The largest absolute Gasteiger partial charge is 0.493 e. The number of carbonyl (C=O) groups excluding carboxylic acids is 1. The van der Waals surface area contributed by atoms with Gasteiger partial charge in [0.25, 0.3) is 5.91 Å². The van der Waals surface area contributed by atoms with Gasteiger partial charge in [-0.05, 0) is 49.0 Å². The summed E-state index contributed by atoms with van der Waals surface area (Å²) in [7, 11) is 3.23. The summed E-state index contributed by atoms with van der Waals surface area (Å²) >= 11 is 11.7. The molecule has 0 bridgehead atoms. The summed E-state index contributed by atoms with van der Waals surface area (Å²) in [6.07, 6.45) is 1.69. The molecule has 1 aliphatic rings. The molecule has 2 aromatic rings. The maximum atomic E-state index is 13.8. The summed E-state index contributed by atoms with van der Waals surface area (Å²) in [5.74, 6) is 0.151. The van der Waals surface area contributed by atoms with Gasteiger partial charge in [-0.2, -0.15) is 0 Å². The lowest BCUT2D eigenvalue weighted by atomic mass is 10.1. The Morgan fingerprint density at radius 1 is 1.28 bits per heavy atom. The van der Waals surface area contributed by atoms with Crippen molar-refractivity contribution < 1.29 is 18.7 Å². The highest BCUT2D eigenvalue weighted by Gasteiger charge is 2.34. The van der Waals surface area contributed by atoms with E-state index in [9.17, 15) is 9.18 Å². The molecule has 1 fully saturated rings. The van der Waals surface area contributed by atoms with Crippen molar-refractivity contribution in [2.24, 2.45) is 0 Å². The van der Waals surface area contributed by atoms with Crippen LogP contribution in [0.2, 0.25) is 5.02 Å². The monoisotopic (exact) mass is 434 g/mol. The number of ether oxygens (including phenoxy) is 2. The number of thiocarbonyl (C=S) groups is 1. The second kappa shape index (κ2) is 8.80. The standard InChI is InChI=1S/C21H20ClFN2O3S/c1-4-25-20(26)17(24(2)21(25)29)10-13-9-15(22)19(18(11-13)27-3)28-12-14-7-5-6-8-16(14)23/h5-11H,4,12H2,1-3H3/b17-10-. The molecule has 0 saturated carbocycles. The van der Waals surface area contributed by atoms with Gasteiger partial charge in [-0.3, -0.25) is 9.69 Å². The first-order valence-corrected chi connectivity index (χ1v) is 9.71. The zero-order valence-corrected chi connectivity index (χ0v) is 17.8. The molecule has 1 amide bonds. The molecule has 8 heteroatoms. The molecule has 0 unspecified atom stereocenters.